The van der Waals surface area contributed by atoms with Crippen molar-refractivity contribution in [3.63, 3.8) is 0 Å². The number of amides is 2. The summed E-state index contributed by atoms with van der Waals surface area (Å²) in [5.74, 6) is 1.58. The maximum Gasteiger partial charge on any atom is 0.421 e. The predicted molar refractivity (Wildman–Crippen MR) is 519 cm³/mol. The molecule has 2 atom stereocenters. The minimum atomic E-state index is -4.70. The number of hydrogen-bond donors (Lipinski definition) is 5. The van der Waals surface area contributed by atoms with Crippen molar-refractivity contribution in [2.75, 3.05) is 109 Å². The van der Waals surface area contributed by atoms with Crippen LogP contribution in [0.15, 0.2) is 223 Å². The zero-order valence-electron chi connectivity index (χ0n) is 74.0. The molecule has 0 radical (unpaired) electrons. The molecule has 2 aliphatic heterocycles. The summed E-state index contributed by atoms with van der Waals surface area (Å²) in [6, 6.07) is 56.3. The maximum absolute atomic E-state index is 13.5. The van der Waals surface area contributed by atoms with Crippen LogP contribution in [-0.4, -0.2) is 137 Å². The van der Waals surface area contributed by atoms with E-state index in [9.17, 15) is 54.2 Å². The summed E-state index contributed by atoms with van der Waals surface area (Å²) in [5, 5.41) is 19.8. The molecule has 0 saturated heterocycles. The summed E-state index contributed by atoms with van der Waals surface area (Å²) < 4.78 is 116. The van der Waals surface area contributed by atoms with Crippen LogP contribution in [0.2, 0.25) is 10.0 Å². The van der Waals surface area contributed by atoms with Gasteiger partial charge in [0, 0.05) is 137 Å². The molecule has 5 aromatic heterocycles. The molecular weight excluding hydrogens is 1780 g/mol. The van der Waals surface area contributed by atoms with Crippen molar-refractivity contribution in [1.82, 2.24) is 44.4 Å². The van der Waals surface area contributed by atoms with Crippen LogP contribution in [0.1, 0.15) is 88.6 Å². The number of likely N-dealkylation sites (N-methyl/N-ethyl adjacent to an activating group) is 2. The molecule has 0 bridgehead atoms. The molecule has 8 aromatic carbocycles. The number of anilines is 11. The first-order valence-electron chi connectivity index (χ1n) is 41.3. The Labute approximate surface area is 758 Å². The number of nitrogens with one attached hydrogen (secondary N) is 5. The van der Waals surface area contributed by atoms with E-state index in [0.29, 0.717) is 97.3 Å². The Balaban J connectivity index is 0.000000156. The molecule has 25 nitrogen and oxygen atoms in total. The van der Waals surface area contributed by atoms with Crippen LogP contribution in [0.4, 0.5) is 77.2 Å². The van der Waals surface area contributed by atoms with Crippen molar-refractivity contribution in [3.05, 3.63) is 283 Å². The summed E-state index contributed by atoms with van der Waals surface area (Å²) in [6.07, 6.45) is 6.76. The summed E-state index contributed by atoms with van der Waals surface area (Å²) in [7, 11) is -7.70. The van der Waals surface area contributed by atoms with Gasteiger partial charge in [0.25, 0.3) is 5.56 Å². The Hall–Kier alpha value is -11.5. The van der Waals surface area contributed by atoms with Crippen LogP contribution >= 0.6 is 51.8 Å². The minimum absolute atomic E-state index is 0.0347. The third-order valence-electron chi connectivity index (χ3n) is 21.9. The second-order valence-corrected chi connectivity index (χ2v) is 48.5. The van der Waals surface area contributed by atoms with E-state index in [0.717, 1.165) is 103 Å². The Bertz CT molecular complexity index is 6750. The number of alkyl halides is 3. The fourth-order valence-electron chi connectivity index (χ4n) is 15.0. The Morgan fingerprint density at radius 3 is 1.37 bits per heavy atom. The van der Waals surface area contributed by atoms with Crippen LogP contribution in [0.5, 0.6) is 0 Å². The van der Waals surface area contributed by atoms with Gasteiger partial charge in [-0.2, -0.15) is 33.1 Å². The van der Waals surface area contributed by atoms with Crippen molar-refractivity contribution in [3.8, 4) is 11.1 Å². The monoisotopic (exact) mass is 1880 g/mol. The van der Waals surface area contributed by atoms with Gasteiger partial charge in [0.2, 0.25) is 35.6 Å². The van der Waals surface area contributed by atoms with E-state index in [1.807, 2.05) is 141 Å². The van der Waals surface area contributed by atoms with E-state index in [4.69, 9.17) is 23.2 Å². The van der Waals surface area contributed by atoms with E-state index >= 15 is 0 Å². The maximum atomic E-state index is 13.5. The topological polar surface area (TPSA) is 328 Å². The van der Waals surface area contributed by atoms with Crippen molar-refractivity contribution in [1.29, 1.82) is 0 Å². The van der Waals surface area contributed by atoms with E-state index < -0.39 is 56.0 Å². The van der Waals surface area contributed by atoms with Gasteiger partial charge < -0.3 is 44.8 Å². The van der Waals surface area contributed by atoms with Gasteiger partial charge >= 0.3 is 6.18 Å². The largest absolute Gasteiger partial charge is 0.421 e. The molecule has 15 rings (SSSR count). The van der Waals surface area contributed by atoms with Gasteiger partial charge in [0.15, 0.2) is 9.84 Å². The van der Waals surface area contributed by atoms with Gasteiger partial charge in [0.1, 0.15) is 57.2 Å². The zero-order chi connectivity index (χ0) is 93.4. The zero-order valence-corrected chi connectivity index (χ0v) is 79.9. The quantitative estimate of drug-likeness (QED) is 0.0371. The number of carbonyl (C=O) groups is 2. The number of carbonyl (C=O) groups excluding carboxylic acids is 2. The number of sulfone groups is 1. The Kier molecular flexibility index (Phi) is 30.1. The first-order valence-corrected chi connectivity index (χ1v) is 53.8. The first kappa shape index (κ1) is 96.5. The fourth-order valence-corrected chi connectivity index (χ4v) is 21.8. The number of rotatable bonds is 23. The fraction of sp³-hybridized carbons (Fsp3) is 0.266. The molecule has 2 aliphatic rings. The molecule has 0 spiro atoms. The molecule has 2 unspecified atom stereocenters. The lowest BCUT2D eigenvalue weighted by atomic mass is 9.86. The molecule has 2 amide bonds. The van der Waals surface area contributed by atoms with E-state index in [1.165, 1.54) is 22.8 Å². The predicted octanol–water partition coefficient (Wildman–Crippen LogP) is 19.8. The normalized spacial score (nSPS) is 14.0. The highest BCUT2D eigenvalue weighted by Crippen LogP contribution is 2.47. The first-order chi connectivity index (χ1) is 60.9. The Morgan fingerprint density at radius 1 is 0.488 bits per heavy atom. The number of fused-ring (bicyclic) bond motifs is 3. The standard InChI is InChI=1S/C27H33N4O2P.C23H25N4O2P.C22H19Cl2N4O2P.C22H24F3N4O3PS/c1-5-15-34(33,16-6-2)22-13-11-21(12-14-22)29-27-28-18-20-17-24(23-10-8-7-9-19(23)3)26(32)31(4)25(20)30-27;1-15-7-5-6-8-19(15)20-13-16-14-24-23(26-21(16)27(2)22(20)28)25-17-9-11-18(12-10-17)30(3,4)29;1-28-20-13(11-16(21(28)29)19-17(23)5-4-6-18(19)24)12-25-22(27-20)26-14-7-9-15(10-8-14)31(2,3)30;1-14-10-16(33(2,3)30)8-9-19(14)28-21-27-13-18(22(23,24)25)20(29-21)26-12-15-6-5-7-17(11-15)34(4,31)32/h7-14,18,24H,5-6,15-17H2,1-4H3,(H,28,29,30);5-12,14,20H,13H2,1-4H3,(H,24,25,26);4-12H,1-3H3,(H,25,26,27);5-11,13H,12H2,1-4H3,(H2,26,27,28,29). The molecule has 0 aliphatic carbocycles. The number of halogens is 5. The SMILES string of the molecule is CCCP(=O)(CCC)c1ccc(Nc2ncc3c(n2)N(C)C(=O)C(c2ccccc2C)C3)cc1.Cc1cc(P(C)(C)=O)ccc1Nc1ncc(C(F)(F)F)c(NCc2cccc(S(C)(=O)=O)c2)n1.Cc1ccccc1C1Cc2cnc(Nc3ccc(P(C)(C)=O)cc3)nc2N(C)C1=O.Cn1c(=O)c(-c2c(Cl)cccc2Cl)cc2cnc(Nc3ccc(P(C)(C)=O)cc3)nc21. The second-order valence-electron chi connectivity index (χ2n) is 32.9. The lowest BCUT2D eigenvalue weighted by molar-refractivity contribution is -0.137. The third-order valence-corrected chi connectivity index (χ3v) is 31.9. The van der Waals surface area contributed by atoms with E-state index in [-0.39, 0.29) is 46.6 Å². The summed E-state index contributed by atoms with van der Waals surface area (Å²) in [4.78, 5) is 77.5. The van der Waals surface area contributed by atoms with E-state index in [1.54, 1.807) is 139 Å². The van der Waals surface area contributed by atoms with Gasteiger partial charge in [-0.15, -0.1) is 0 Å². The molecule has 129 heavy (non-hydrogen) atoms. The number of hydrogen-bond acceptors (Lipinski definition) is 22. The van der Waals surface area contributed by atoms with Crippen LogP contribution in [0.3, 0.4) is 0 Å². The van der Waals surface area contributed by atoms with Crippen molar-refractivity contribution in [2.45, 2.75) is 89.8 Å². The van der Waals surface area contributed by atoms with Gasteiger partial charge in [-0.1, -0.05) is 104 Å². The average Bonchev–Trinajstić information content (AvgIpc) is 0.760. The summed E-state index contributed by atoms with van der Waals surface area (Å²) in [6.45, 7) is 20.2. The highest BCUT2D eigenvalue weighted by atomic mass is 35.5. The molecule has 7 heterocycles. The van der Waals surface area contributed by atoms with Crippen molar-refractivity contribution < 1.29 is 49.4 Å². The number of aryl methyl sites for hydroxylation is 4. The highest BCUT2D eigenvalue weighted by molar-refractivity contribution is 7.90. The number of nitrogens with zero attached hydrogens (tertiary/aromatic N) is 11. The van der Waals surface area contributed by atoms with Crippen LogP contribution in [0, 0.1) is 20.8 Å². The molecule has 672 valence electrons. The van der Waals surface area contributed by atoms with Gasteiger partial charge in [-0.25, -0.2) is 28.4 Å². The number of aromatic nitrogens is 9. The number of pyridine rings is 1. The molecule has 0 fully saturated rings. The average molecular weight is 1880 g/mol. The van der Waals surface area contributed by atoms with Crippen LogP contribution in [0.25, 0.3) is 22.2 Å². The van der Waals surface area contributed by atoms with E-state index in [2.05, 4.69) is 80.3 Å². The molecule has 35 heteroatoms. The molecule has 5 N–H and O–H groups in total. The minimum Gasteiger partial charge on any atom is -0.365 e. The lowest BCUT2D eigenvalue weighted by Gasteiger charge is -2.31. The van der Waals surface area contributed by atoms with Crippen molar-refractivity contribution >= 4 is 170 Å². The summed E-state index contributed by atoms with van der Waals surface area (Å²) >= 11 is 12.6. The van der Waals surface area contributed by atoms with Gasteiger partial charge in [0.05, 0.1) is 32.3 Å². The highest BCUT2D eigenvalue weighted by Gasteiger charge is 2.38. The van der Waals surface area contributed by atoms with Crippen LogP contribution < -0.4 is 63.2 Å². The van der Waals surface area contributed by atoms with Gasteiger partial charge in [-0.05, 0) is 241 Å². The third kappa shape index (κ3) is 23.6. The Morgan fingerprint density at radius 2 is 0.922 bits per heavy atom. The van der Waals surface area contributed by atoms with Crippen LogP contribution in [-0.2, 0) is 70.3 Å². The lowest BCUT2D eigenvalue weighted by Crippen LogP contribution is -2.38. The second kappa shape index (κ2) is 40.2. The molecular formula is C94H101Cl2F3N16O9P4S. The molecule has 13 aromatic rings. The van der Waals surface area contributed by atoms with Gasteiger partial charge in [-0.3, -0.25) is 28.8 Å². The number of benzene rings is 8. The molecule has 0 saturated carbocycles. The smallest absolute Gasteiger partial charge is 0.365 e. The van der Waals surface area contributed by atoms with Crippen molar-refractivity contribution in [2.24, 2.45) is 7.05 Å². The summed E-state index contributed by atoms with van der Waals surface area (Å²) in [5.41, 5.74) is 10.4.